The van der Waals surface area contributed by atoms with Crippen LogP contribution >= 0.6 is 0 Å². The zero-order valence-corrected chi connectivity index (χ0v) is 12.1. The molecule has 0 spiro atoms. The van der Waals surface area contributed by atoms with Gasteiger partial charge in [-0.3, -0.25) is 0 Å². The molecule has 0 aliphatic heterocycles. The largest absolute Gasteiger partial charge is 0.313 e. The maximum Gasteiger partial charge on any atom is 0.131 e. The van der Waals surface area contributed by atoms with Crippen molar-refractivity contribution < 1.29 is 8.78 Å². The number of aryl methyl sites for hydroxylation is 2. The highest BCUT2D eigenvalue weighted by atomic mass is 19.1. The molecule has 2 rings (SSSR count). The Morgan fingerprint density at radius 3 is 2.40 bits per heavy atom. The molecule has 0 saturated heterocycles. The Labute approximate surface area is 118 Å². The summed E-state index contributed by atoms with van der Waals surface area (Å²) in [5.41, 5.74) is 3.58. The number of halogens is 2. The van der Waals surface area contributed by atoms with Crippen molar-refractivity contribution in [2.75, 3.05) is 6.54 Å². The smallest absolute Gasteiger partial charge is 0.131 e. The van der Waals surface area contributed by atoms with Crippen LogP contribution in [-0.2, 0) is 6.54 Å². The van der Waals surface area contributed by atoms with Crippen LogP contribution in [0.3, 0.4) is 0 Å². The summed E-state index contributed by atoms with van der Waals surface area (Å²) in [7, 11) is 0. The third-order valence-corrected chi connectivity index (χ3v) is 3.33. The first-order valence-electron chi connectivity index (χ1n) is 6.79. The molecule has 2 aromatic carbocycles. The molecular formula is C17H19F2N. The highest BCUT2D eigenvalue weighted by molar-refractivity contribution is 5.69. The second kappa shape index (κ2) is 6.14. The molecule has 106 valence electrons. The van der Waals surface area contributed by atoms with Crippen LogP contribution in [0.2, 0.25) is 0 Å². The van der Waals surface area contributed by atoms with Crippen molar-refractivity contribution in [1.82, 2.24) is 5.32 Å². The molecule has 0 heterocycles. The first kappa shape index (κ1) is 14.7. The normalized spacial score (nSPS) is 10.8. The lowest BCUT2D eigenvalue weighted by Gasteiger charge is -2.12. The second-order valence-electron chi connectivity index (χ2n) is 5.03. The van der Waals surface area contributed by atoms with Crippen LogP contribution in [0.5, 0.6) is 0 Å². The van der Waals surface area contributed by atoms with Crippen LogP contribution < -0.4 is 5.32 Å². The lowest BCUT2D eigenvalue weighted by Crippen LogP contribution is -2.13. The number of rotatable bonds is 4. The van der Waals surface area contributed by atoms with Crippen molar-refractivity contribution >= 4 is 0 Å². The molecule has 0 saturated carbocycles. The zero-order valence-electron chi connectivity index (χ0n) is 12.1. The van der Waals surface area contributed by atoms with E-state index in [0.29, 0.717) is 23.2 Å². The van der Waals surface area contributed by atoms with Crippen molar-refractivity contribution in [1.29, 1.82) is 0 Å². The van der Waals surface area contributed by atoms with Crippen LogP contribution in [-0.4, -0.2) is 6.54 Å². The van der Waals surface area contributed by atoms with E-state index in [1.54, 1.807) is 12.1 Å². The monoisotopic (exact) mass is 275 g/mol. The molecule has 0 aliphatic carbocycles. The third-order valence-electron chi connectivity index (χ3n) is 3.33. The average Bonchev–Trinajstić information content (AvgIpc) is 2.38. The van der Waals surface area contributed by atoms with Crippen LogP contribution in [0.25, 0.3) is 11.1 Å². The summed E-state index contributed by atoms with van der Waals surface area (Å²) in [6.45, 7) is 6.91. The van der Waals surface area contributed by atoms with Gasteiger partial charge in [-0.15, -0.1) is 0 Å². The quantitative estimate of drug-likeness (QED) is 0.874. The van der Waals surface area contributed by atoms with Crippen molar-refractivity contribution in [2.45, 2.75) is 27.3 Å². The summed E-state index contributed by atoms with van der Waals surface area (Å²) < 4.78 is 27.9. The molecule has 0 aliphatic rings. The third kappa shape index (κ3) is 3.05. The molecule has 0 aromatic heterocycles. The van der Waals surface area contributed by atoms with Crippen LogP contribution in [0, 0.1) is 25.5 Å². The number of benzene rings is 2. The standard InChI is InChI=1S/C17H19F2N/c1-4-20-10-14-9-13(5-6-15(14)18)17-12(3)7-11(2)8-16(17)19/h5-9,20H,4,10H2,1-3H3. The molecule has 0 amide bonds. The van der Waals surface area contributed by atoms with Crippen LogP contribution in [0.1, 0.15) is 23.6 Å². The van der Waals surface area contributed by atoms with Crippen LogP contribution in [0.15, 0.2) is 30.3 Å². The summed E-state index contributed by atoms with van der Waals surface area (Å²) >= 11 is 0. The van der Waals surface area contributed by atoms with E-state index < -0.39 is 0 Å². The molecular weight excluding hydrogens is 256 g/mol. The fourth-order valence-corrected chi connectivity index (χ4v) is 2.41. The Bertz CT molecular complexity index is 597. The summed E-state index contributed by atoms with van der Waals surface area (Å²) in [6, 6.07) is 8.20. The van der Waals surface area contributed by atoms with E-state index in [1.807, 2.05) is 26.8 Å². The summed E-state index contributed by atoms with van der Waals surface area (Å²) in [4.78, 5) is 0. The lowest BCUT2D eigenvalue weighted by atomic mass is 9.96. The first-order chi connectivity index (χ1) is 9.52. The van der Waals surface area contributed by atoms with Gasteiger partial charge in [-0.25, -0.2) is 8.78 Å². The summed E-state index contributed by atoms with van der Waals surface area (Å²) in [5, 5.41) is 3.09. The minimum absolute atomic E-state index is 0.261. The molecule has 0 unspecified atom stereocenters. The summed E-state index contributed by atoms with van der Waals surface area (Å²) in [6.07, 6.45) is 0. The minimum Gasteiger partial charge on any atom is -0.313 e. The van der Waals surface area contributed by atoms with Crippen molar-refractivity contribution in [3.8, 4) is 11.1 Å². The van der Waals surface area contributed by atoms with Crippen LogP contribution in [0.4, 0.5) is 8.78 Å². The Morgan fingerprint density at radius 2 is 1.75 bits per heavy atom. The van der Waals surface area contributed by atoms with Gasteiger partial charge in [0.1, 0.15) is 11.6 Å². The van der Waals surface area contributed by atoms with E-state index >= 15 is 0 Å². The minimum atomic E-state index is -0.264. The topological polar surface area (TPSA) is 12.0 Å². The molecule has 0 atom stereocenters. The molecule has 1 N–H and O–H groups in total. The lowest BCUT2D eigenvalue weighted by molar-refractivity contribution is 0.593. The van der Waals surface area contributed by atoms with E-state index in [2.05, 4.69) is 5.32 Å². The maximum absolute atomic E-state index is 14.2. The SMILES string of the molecule is CCNCc1cc(-c2c(C)cc(C)cc2F)ccc1F. The van der Waals surface area contributed by atoms with Crippen molar-refractivity contribution in [2.24, 2.45) is 0 Å². The van der Waals surface area contributed by atoms with E-state index in [4.69, 9.17) is 0 Å². The van der Waals surface area contributed by atoms with Gasteiger partial charge in [0.05, 0.1) is 0 Å². The fraction of sp³-hybridized carbons (Fsp3) is 0.294. The van der Waals surface area contributed by atoms with E-state index in [0.717, 1.165) is 17.7 Å². The highest BCUT2D eigenvalue weighted by Crippen LogP contribution is 2.29. The van der Waals surface area contributed by atoms with Gasteiger partial charge < -0.3 is 5.32 Å². The zero-order chi connectivity index (χ0) is 14.7. The van der Waals surface area contributed by atoms with Crippen molar-refractivity contribution in [3.05, 3.63) is 58.7 Å². The first-order valence-corrected chi connectivity index (χ1v) is 6.79. The molecule has 0 radical (unpaired) electrons. The Kier molecular flexibility index (Phi) is 4.50. The summed E-state index contributed by atoms with van der Waals surface area (Å²) in [5.74, 6) is -0.525. The van der Waals surface area contributed by atoms with E-state index in [-0.39, 0.29) is 11.6 Å². The van der Waals surface area contributed by atoms with Gasteiger partial charge in [-0.05, 0) is 55.3 Å². The predicted octanol–water partition coefficient (Wildman–Crippen LogP) is 4.36. The molecule has 2 aromatic rings. The van der Waals surface area contributed by atoms with Gasteiger partial charge in [0.15, 0.2) is 0 Å². The number of hydrogen-bond donors (Lipinski definition) is 1. The Hall–Kier alpha value is -1.74. The maximum atomic E-state index is 14.2. The van der Waals surface area contributed by atoms with Gasteiger partial charge in [-0.2, -0.15) is 0 Å². The molecule has 3 heteroatoms. The molecule has 0 bridgehead atoms. The Morgan fingerprint density at radius 1 is 1.00 bits per heavy atom. The van der Waals surface area contributed by atoms with Gasteiger partial charge in [0.2, 0.25) is 0 Å². The van der Waals surface area contributed by atoms with Gasteiger partial charge in [0.25, 0.3) is 0 Å². The van der Waals surface area contributed by atoms with E-state index in [1.165, 1.54) is 12.1 Å². The van der Waals surface area contributed by atoms with Gasteiger partial charge in [-0.1, -0.05) is 19.1 Å². The van der Waals surface area contributed by atoms with Gasteiger partial charge in [0, 0.05) is 17.7 Å². The molecule has 0 fully saturated rings. The molecule has 1 nitrogen and oxygen atoms in total. The number of hydrogen-bond acceptors (Lipinski definition) is 1. The number of nitrogens with one attached hydrogen (secondary N) is 1. The second-order valence-corrected chi connectivity index (χ2v) is 5.03. The predicted molar refractivity (Wildman–Crippen MR) is 78.6 cm³/mol. The highest BCUT2D eigenvalue weighted by Gasteiger charge is 2.11. The Balaban J connectivity index is 2.48. The van der Waals surface area contributed by atoms with E-state index in [9.17, 15) is 8.78 Å². The fourth-order valence-electron chi connectivity index (χ4n) is 2.41. The average molecular weight is 275 g/mol. The van der Waals surface area contributed by atoms with Crippen molar-refractivity contribution in [3.63, 3.8) is 0 Å². The molecule has 20 heavy (non-hydrogen) atoms. The van der Waals surface area contributed by atoms with Gasteiger partial charge >= 0.3 is 0 Å².